The van der Waals surface area contributed by atoms with Crippen LogP contribution in [0.5, 0.6) is 0 Å². The molecule has 1 fully saturated rings. The van der Waals surface area contributed by atoms with Crippen molar-refractivity contribution in [1.82, 2.24) is 4.31 Å². The summed E-state index contributed by atoms with van der Waals surface area (Å²) in [5.74, 6) is 0. The molecular formula is C12H16ClN2O3S. The van der Waals surface area contributed by atoms with Gasteiger partial charge in [-0.3, -0.25) is 0 Å². The molecule has 0 aliphatic heterocycles. The van der Waals surface area contributed by atoms with Gasteiger partial charge in [0, 0.05) is 12.6 Å². The van der Waals surface area contributed by atoms with E-state index in [4.69, 9.17) is 17.3 Å². The Kier molecular flexibility index (Phi) is 4.17. The highest BCUT2D eigenvalue weighted by molar-refractivity contribution is 7.89. The van der Waals surface area contributed by atoms with Gasteiger partial charge in [0.2, 0.25) is 10.0 Å². The van der Waals surface area contributed by atoms with E-state index in [1.165, 1.54) is 13.0 Å². The Morgan fingerprint density at radius 2 is 2.16 bits per heavy atom. The van der Waals surface area contributed by atoms with Crippen molar-refractivity contribution in [2.24, 2.45) is 5.73 Å². The molecule has 1 saturated carbocycles. The summed E-state index contributed by atoms with van der Waals surface area (Å²) >= 11 is 6.01. The molecule has 1 aromatic rings. The molecular weight excluding hydrogens is 288 g/mol. The lowest BCUT2D eigenvalue weighted by Gasteiger charge is -2.25. The third-order valence-electron chi connectivity index (χ3n) is 2.98. The summed E-state index contributed by atoms with van der Waals surface area (Å²) in [6.45, 7) is 1.42. The Labute approximate surface area is 118 Å². The van der Waals surface area contributed by atoms with Crippen LogP contribution in [0.1, 0.15) is 25.3 Å². The maximum atomic E-state index is 12.7. The predicted molar refractivity (Wildman–Crippen MR) is 72.2 cm³/mol. The molecule has 2 rings (SSSR count). The number of aliphatic hydroxyl groups is 1. The predicted octanol–water partition coefficient (Wildman–Crippen LogP) is 1.83. The van der Waals surface area contributed by atoms with E-state index in [9.17, 15) is 13.5 Å². The van der Waals surface area contributed by atoms with E-state index in [0.717, 1.165) is 17.1 Å². The second kappa shape index (κ2) is 5.38. The number of aliphatic hydroxyl groups excluding tert-OH is 1. The van der Waals surface area contributed by atoms with Crippen LogP contribution in [0.15, 0.2) is 23.1 Å². The average molecular weight is 304 g/mol. The van der Waals surface area contributed by atoms with Crippen molar-refractivity contribution in [1.29, 1.82) is 0 Å². The molecule has 1 aromatic carbocycles. The molecule has 0 unspecified atom stereocenters. The van der Waals surface area contributed by atoms with Gasteiger partial charge in [0.05, 0.1) is 5.02 Å². The third-order valence-corrected chi connectivity index (χ3v) is 5.49. The Morgan fingerprint density at radius 1 is 1.53 bits per heavy atom. The minimum absolute atomic E-state index is 0.0144. The van der Waals surface area contributed by atoms with Crippen molar-refractivity contribution >= 4 is 21.6 Å². The summed E-state index contributed by atoms with van der Waals surface area (Å²) < 4.78 is 26.4. The van der Waals surface area contributed by atoms with Crippen LogP contribution >= 0.6 is 11.6 Å². The van der Waals surface area contributed by atoms with E-state index >= 15 is 0 Å². The van der Waals surface area contributed by atoms with Gasteiger partial charge in [0.15, 0.2) is 6.23 Å². The van der Waals surface area contributed by atoms with Gasteiger partial charge in [-0.25, -0.2) is 8.42 Å². The highest BCUT2D eigenvalue weighted by Crippen LogP contribution is 2.38. The maximum Gasteiger partial charge on any atom is 0.247 e. The average Bonchev–Trinajstić information content (AvgIpc) is 3.11. The molecule has 3 N–H and O–H groups in total. The lowest BCUT2D eigenvalue weighted by molar-refractivity contribution is 0.186. The molecule has 0 spiro atoms. The van der Waals surface area contributed by atoms with Gasteiger partial charge >= 0.3 is 0 Å². The van der Waals surface area contributed by atoms with Crippen molar-refractivity contribution in [3.05, 3.63) is 35.0 Å². The van der Waals surface area contributed by atoms with Gasteiger partial charge in [0.25, 0.3) is 0 Å². The number of hydrogen-bond donors (Lipinski definition) is 2. The Bertz CT molecular complexity index is 568. The monoisotopic (exact) mass is 303 g/mol. The van der Waals surface area contributed by atoms with Gasteiger partial charge in [-0.15, -0.1) is 0 Å². The summed E-state index contributed by atoms with van der Waals surface area (Å²) in [6, 6.07) is 4.60. The molecule has 19 heavy (non-hydrogen) atoms. The zero-order chi connectivity index (χ0) is 14.2. The second-order valence-corrected chi connectivity index (χ2v) is 6.67. The summed E-state index contributed by atoms with van der Waals surface area (Å²) in [5, 5.41) is 9.78. The number of halogens is 1. The lowest BCUT2D eigenvalue weighted by Crippen LogP contribution is -2.36. The minimum Gasteiger partial charge on any atom is -0.371 e. The van der Waals surface area contributed by atoms with E-state index < -0.39 is 10.0 Å². The molecule has 0 bridgehead atoms. The molecule has 0 saturated heterocycles. The van der Waals surface area contributed by atoms with Gasteiger partial charge in [-0.05, 0) is 31.4 Å². The van der Waals surface area contributed by atoms with Crippen molar-refractivity contribution in [3.8, 4) is 0 Å². The summed E-state index contributed by atoms with van der Waals surface area (Å²) in [5.41, 5.74) is 6.02. The van der Waals surface area contributed by atoms with Crippen molar-refractivity contribution in [3.63, 3.8) is 0 Å². The smallest absolute Gasteiger partial charge is 0.247 e. The Morgan fingerprint density at radius 3 is 2.63 bits per heavy atom. The van der Waals surface area contributed by atoms with Crippen LogP contribution < -0.4 is 5.73 Å². The maximum absolute atomic E-state index is 12.7. The van der Waals surface area contributed by atoms with Crippen LogP contribution in [0.2, 0.25) is 5.02 Å². The molecule has 7 heteroatoms. The number of nitrogens with zero attached hydrogens (tertiary/aromatic N) is 1. The standard InChI is InChI=1S/C12H16ClN2O3S/c1-8(16)15(10-5-6-10)19(17,18)12-9(7-14)3-2-4-11(12)13/h2-4,10,16H,5-7,14H2,1H3. The summed E-state index contributed by atoms with van der Waals surface area (Å²) in [6.07, 6.45) is 1.23. The first-order valence-electron chi connectivity index (χ1n) is 5.94. The number of sulfonamides is 1. The fourth-order valence-electron chi connectivity index (χ4n) is 2.04. The molecule has 105 valence electrons. The quantitative estimate of drug-likeness (QED) is 0.869. The van der Waals surface area contributed by atoms with Gasteiger partial charge in [-0.2, -0.15) is 4.31 Å². The van der Waals surface area contributed by atoms with E-state index in [1.54, 1.807) is 12.1 Å². The summed E-state index contributed by atoms with van der Waals surface area (Å²) in [7, 11) is -3.88. The number of rotatable bonds is 5. The van der Waals surface area contributed by atoms with Crippen LogP contribution in [0.4, 0.5) is 0 Å². The summed E-state index contributed by atoms with van der Waals surface area (Å²) in [4.78, 5) is -0.0144. The first-order chi connectivity index (χ1) is 8.89. The molecule has 5 nitrogen and oxygen atoms in total. The first kappa shape index (κ1) is 14.7. The molecule has 0 atom stereocenters. The van der Waals surface area contributed by atoms with E-state index in [0.29, 0.717) is 5.56 Å². The van der Waals surface area contributed by atoms with Crippen LogP contribution in [-0.2, 0) is 16.6 Å². The van der Waals surface area contributed by atoms with Crippen LogP contribution in [0.3, 0.4) is 0 Å². The first-order valence-corrected chi connectivity index (χ1v) is 7.75. The van der Waals surface area contributed by atoms with E-state index in [2.05, 4.69) is 0 Å². The molecule has 0 aromatic heterocycles. The number of nitrogens with two attached hydrogens (primary N) is 1. The minimum atomic E-state index is -3.88. The third kappa shape index (κ3) is 2.78. The van der Waals surface area contributed by atoms with E-state index in [-0.39, 0.29) is 28.7 Å². The van der Waals surface area contributed by atoms with Crippen molar-refractivity contribution < 1.29 is 13.5 Å². The van der Waals surface area contributed by atoms with Crippen LogP contribution in [-0.4, -0.2) is 23.9 Å². The van der Waals surface area contributed by atoms with Crippen molar-refractivity contribution in [2.45, 2.75) is 37.2 Å². The van der Waals surface area contributed by atoms with Gasteiger partial charge in [-0.1, -0.05) is 23.7 Å². The van der Waals surface area contributed by atoms with Crippen LogP contribution in [0.25, 0.3) is 0 Å². The highest BCUT2D eigenvalue weighted by Gasteiger charge is 2.42. The van der Waals surface area contributed by atoms with Crippen LogP contribution in [0, 0.1) is 6.23 Å². The fourth-order valence-corrected chi connectivity index (χ4v) is 4.48. The molecule has 1 radical (unpaired) electrons. The van der Waals surface area contributed by atoms with E-state index in [1.807, 2.05) is 0 Å². The largest absolute Gasteiger partial charge is 0.371 e. The van der Waals surface area contributed by atoms with Crippen molar-refractivity contribution in [2.75, 3.05) is 0 Å². The zero-order valence-electron chi connectivity index (χ0n) is 10.5. The topological polar surface area (TPSA) is 83.6 Å². The SMILES string of the molecule is C[C](O)N(C1CC1)S(=O)(=O)c1c(Cl)cccc1CN. The van der Waals surface area contributed by atoms with Gasteiger partial charge < -0.3 is 10.8 Å². The Hall–Kier alpha value is -0.660. The van der Waals surface area contributed by atoms with Gasteiger partial charge in [0.1, 0.15) is 4.90 Å². The molecule has 0 heterocycles. The lowest BCUT2D eigenvalue weighted by atomic mass is 10.2. The molecule has 0 amide bonds. The fraction of sp³-hybridized carbons (Fsp3) is 0.417. The zero-order valence-corrected chi connectivity index (χ0v) is 12.1. The molecule has 1 aliphatic rings. The second-order valence-electron chi connectivity index (χ2n) is 4.51. The molecule has 1 aliphatic carbocycles. The Balaban J connectivity index is 2.55. The number of benzene rings is 1. The normalized spacial score (nSPS) is 16.3. The highest BCUT2D eigenvalue weighted by atomic mass is 35.5. The number of hydrogen-bond acceptors (Lipinski definition) is 4.